The first kappa shape index (κ1) is 15.2. The first-order valence-electron chi connectivity index (χ1n) is 7.44. The number of aromatic nitrogens is 2. The molecule has 6 heteroatoms. The number of halogens is 1. The third-order valence-corrected chi connectivity index (χ3v) is 4.54. The molecule has 22 heavy (non-hydrogen) atoms. The molecular formula is C16H18BrN3O2. The maximum absolute atomic E-state index is 12.4. The minimum Gasteiger partial charge on any atom is -0.342 e. The summed E-state index contributed by atoms with van der Waals surface area (Å²) in [6.45, 7) is 3.33. The average Bonchev–Trinajstić information content (AvgIpc) is 2.96. The highest BCUT2D eigenvalue weighted by Crippen LogP contribution is 2.27. The van der Waals surface area contributed by atoms with Crippen LogP contribution < -0.4 is 0 Å². The van der Waals surface area contributed by atoms with Crippen LogP contribution in [0, 0.1) is 6.92 Å². The van der Waals surface area contributed by atoms with E-state index < -0.39 is 0 Å². The van der Waals surface area contributed by atoms with Crippen LogP contribution in [0.25, 0.3) is 0 Å². The van der Waals surface area contributed by atoms with E-state index in [0.717, 1.165) is 36.0 Å². The highest BCUT2D eigenvalue weighted by atomic mass is 79.9. The smallest absolute Gasteiger partial charge is 0.229 e. The predicted molar refractivity (Wildman–Crippen MR) is 85.4 cm³/mol. The fourth-order valence-corrected chi connectivity index (χ4v) is 3.01. The molecular weight excluding hydrogens is 346 g/mol. The number of benzene rings is 1. The molecule has 1 fully saturated rings. The molecule has 0 radical (unpaired) electrons. The molecule has 0 aliphatic carbocycles. The topological polar surface area (TPSA) is 59.2 Å². The van der Waals surface area contributed by atoms with Crippen LogP contribution in [0.2, 0.25) is 0 Å². The first-order valence-corrected chi connectivity index (χ1v) is 8.23. The van der Waals surface area contributed by atoms with Gasteiger partial charge in [0.2, 0.25) is 11.8 Å². The molecule has 1 aliphatic rings. The number of piperidine rings is 1. The van der Waals surface area contributed by atoms with Gasteiger partial charge in [-0.1, -0.05) is 33.2 Å². The Morgan fingerprint density at radius 2 is 2.00 bits per heavy atom. The molecule has 0 saturated carbocycles. The van der Waals surface area contributed by atoms with E-state index in [1.54, 1.807) is 0 Å². The van der Waals surface area contributed by atoms with Crippen molar-refractivity contribution in [3.8, 4) is 0 Å². The van der Waals surface area contributed by atoms with Crippen LogP contribution in [-0.2, 0) is 11.2 Å². The Labute approximate surface area is 137 Å². The van der Waals surface area contributed by atoms with E-state index in [-0.39, 0.29) is 11.8 Å². The molecule has 2 aromatic rings. The molecule has 1 aromatic heterocycles. The summed E-state index contributed by atoms with van der Waals surface area (Å²) in [5.74, 6) is 1.83. The van der Waals surface area contributed by atoms with Gasteiger partial charge in [-0.3, -0.25) is 4.79 Å². The number of aryl methyl sites for hydroxylation is 1. The average molecular weight is 364 g/mol. The number of amides is 1. The van der Waals surface area contributed by atoms with Crippen LogP contribution in [0.3, 0.4) is 0 Å². The number of likely N-dealkylation sites (tertiary alicyclic amines) is 1. The van der Waals surface area contributed by atoms with Gasteiger partial charge in [-0.05, 0) is 37.5 Å². The van der Waals surface area contributed by atoms with E-state index in [9.17, 15) is 4.79 Å². The highest BCUT2D eigenvalue weighted by Gasteiger charge is 2.27. The van der Waals surface area contributed by atoms with E-state index in [0.29, 0.717) is 18.1 Å². The summed E-state index contributed by atoms with van der Waals surface area (Å²) in [5.41, 5.74) is 1.04. The molecule has 0 bridgehead atoms. The molecule has 1 amide bonds. The summed E-state index contributed by atoms with van der Waals surface area (Å²) < 4.78 is 6.26. The summed E-state index contributed by atoms with van der Waals surface area (Å²) in [6.07, 6.45) is 2.22. The van der Waals surface area contributed by atoms with E-state index in [1.165, 1.54) is 0 Å². The molecule has 0 spiro atoms. The predicted octanol–water partition coefficient (Wildman–Crippen LogP) is 3.09. The van der Waals surface area contributed by atoms with Crippen molar-refractivity contribution in [1.29, 1.82) is 0 Å². The Kier molecular flexibility index (Phi) is 4.57. The van der Waals surface area contributed by atoms with Crippen molar-refractivity contribution in [2.24, 2.45) is 0 Å². The first-order chi connectivity index (χ1) is 10.6. The van der Waals surface area contributed by atoms with Gasteiger partial charge < -0.3 is 9.42 Å². The lowest BCUT2D eigenvalue weighted by Crippen LogP contribution is -2.38. The lowest BCUT2D eigenvalue weighted by atomic mass is 9.96. The maximum Gasteiger partial charge on any atom is 0.229 e. The summed E-state index contributed by atoms with van der Waals surface area (Å²) in [6, 6.07) is 7.89. The molecule has 1 saturated heterocycles. The Balaban J connectivity index is 1.54. The van der Waals surface area contributed by atoms with Crippen molar-refractivity contribution in [2.75, 3.05) is 13.1 Å². The number of rotatable bonds is 3. The number of hydrogen-bond donors (Lipinski definition) is 0. The van der Waals surface area contributed by atoms with Crippen molar-refractivity contribution >= 4 is 21.8 Å². The van der Waals surface area contributed by atoms with Crippen LogP contribution in [0.4, 0.5) is 0 Å². The second-order valence-corrected chi connectivity index (χ2v) is 6.55. The van der Waals surface area contributed by atoms with Crippen LogP contribution in [0.15, 0.2) is 33.3 Å². The van der Waals surface area contributed by atoms with Crippen LogP contribution in [0.1, 0.15) is 36.0 Å². The monoisotopic (exact) mass is 363 g/mol. The van der Waals surface area contributed by atoms with Gasteiger partial charge in [-0.25, -0.2) is 0 Å². The van der Waals surface area contributed by atoms with Crippen molar-refractivity contribution in [2.45, 2.75) is 32.1 Å². The summed E-state index contributed by atoms with van der Waals surface area (Å²) in [7, 11) is 0. The quantitative estimate of drug-likeness (QED) is 0.840. The van der Waals surface area contributed by atoms with E-state index >= 15 is 0 Å². The molecule has 0 N–H and O–H groups in total. The zero-order valence-electron chi connectivity index (χ0n) is 12.5. The Hall–Kier alpha value is -1.69. The standard InChI is InChI=1S/C16H18BrN3O2/c1-11-18-16(22-19-11)13-6-8-20(9-7-13)15(21)10-12-2-4-14(17)5-3-12/h2-5,13H,6-10H2,1H3. The Bertz CT molecular complexity index is 646. The SMILES string of the molecule is Cc1noc(C2CCN(C(=O)Cc3ccc(Br)cc3)CC2)n1. The van der Waals surface area contributed by atoms with Crippen molar-refractivity contribution < 1.29 is 9.32 Å². The van der Waals surface area contributed by atoms with E-state index in [2.05, 4.69) is 26.1 Å². The van der Waals surface area contributed by atoms with Gasteiger partial charge in [0, 0.05) is 23.5 Å². The Morgan fingerprint density at radius 1 is 1.32 bits per heavy atom. The van der Waals surface area contributed by atoms with E-state index in [1.807, 2.05) is 36.1 Å². The van der Waals surface area contributed by atoms with Gasteiger partial charge in [0.25, 0.3) is 0 Å². The largest absolute Gasteiger partial charge is 0.342 e. The van der Waals surface area contributed by atoms with Gasteiger partial charge >= 0.3 is 0 Å². The van der Waals surface area contributed by atoms with E-state index in [4.69, 9.17) is 4.52 Å². The van der Waals surface area contributed by atoms with Gasteiger partial charge in [-0.2, -0.15) is 4.98 Å². The minimum atomic E-state index is 0.183. The Morgan fingerprint density at radius 3 is 2.59 bits per heavy atom. The third kappa shape index (κ3) is 3.55. The lowest BCUT2D eigenvalue weighted by molar-refractivity contribution is -0.131. The second-order valence-electron chi connectivity index (χ2n) is 5.64. The number of carbonyl (C=O) groups is 1. The summed E-state index contributed by atoms with van der Waals surface area (Å²) in [5, 5.41) is 3.84. The van der Waals surface area contributed by atoms with Gasteiger partial charge in [0.1, 0.15) is 0 Å². The molecule has 3 rings (SSSR count). The molecule has 5 nitrogen and oxygen atoms in total. The third-order valence-electron chi connectivity index (χ3n) is 4.01. The molecule has 1 aliphatic heterocycles. The van der Waals surface area contributed by atoms with Gasteiger partial charge in [-0.15, -0.1) is 0 Å². The fraction of sp³-hybridized carbons (Fsp3) is 0.438. The summed E-state index contributed by atoms with van der Waals surface area (Å²) in [4.78, 5) is 18.6. The van der Waals surface area contributed by atoms with Gasteiger partial charge in [0.15, 0.2) is 5.82 Å². The normalized spacial score (nSPS) is 16.0. The zero-order valence-corrected chi connectivity index (χ0v) is 14.0. The van der Waals surface area contributed by atoms with Crippen LogP contribution >= 0.6 is 15.9 Å². The second kappa shape index (κ2) is 6.60. The molecule has 2 heterocycles. The van der Waals surface area contributed by atoms with Crippen molar-refractivity contribution in [3.63, 3.8) is 0 Å². The zero-order chi connectivity index (χ0) is 15.5. The molecule has 116 valence electrons. The molecule has 1 aromatic carbocycles. The van der Waals surface area contributed by atoms with Crippen molar-refractivity contribution in [1.82, 2.24) is 15.0 Å². The lowest BCUT2D eigenvalue weighted by Gasteiger charge is -2.30. The van der Waals surface area contributed by atoms with Gasteiger partial charge in [0.05, 0.1) is 6.42 Å². The minimum absolute atomic E-state index is 0.183. The highest BCUT2D eigenvalue weighted by molar-refractivity contribution is 9.10. The van der Waals surface area contributed by atoms with Crippen LogP contribution in [0.5, 0.6) is 0 Å². The molecule has 0 unspecified atom stereocenters. The number of nitrogens with zero attached hydrogens (tertiary/aromatic N) is 3. The molecule has 0 atom stereocenters. The fourth-order valence-electron chi connectivity index (χ4n) is 2.74. The van der Waals surface area contributed by atoms with Crippen LogP contribution in [-0.4, -0.2) is 34.0 Å². The van der Waals surface area contributed by atoms with Crippen molar-refractivity contribution in [3.05, 3.63) is 46.0 Å². The summed E-state index contributed by atoms with van der Waals surface area (Å²) >= 11 is 3.40. The number of hydrogen-bond acceptors (Lipinski definition) is 4. The maximum atomic E-state index is 12.4. The number of carbonyl (C=O) groups excluding carboxylic acids is 1.